The summed E-state index contributed by atoms with van der Waals surface area (Å²) in [4.78, 5) is 27.6. The third-order valence-corrected chi connectivity index (χ3v) is 11.9. The lowest BCUT2D eigenvalue weighted by Gasteiger charge is -2.20. The van der Waals surface area contributed by atoms with Gasteiger partial charge in [0.25, 0.3) is 0 Å². The highest BCUT2D eigenvalue weighted by atomic mass is 16.1. The van der Waals surface area contributed by atoms with Crippen LogP contribution >= 0.6 is 0 Å². The second-order valence-corrected chi connectivity index (χ2v) is 15.8. The van der Waals surface area contributed by atoms with E-state index in [2.05, 4.69) is 127 Å². The van der Waals surface area contributed by atoms with Crippen molar-refractivity contribution in [1.82, 2.24) is 9.13 Å². The summed E-state index contributed by atoms with van der Waals surface area (Å²) < 4.78 is 4.69. The van der Waals surface area contributed by atoms with Crippen molar-refractivity contribution in [3.63, 3.8) is 0 Å². The molecule has 10 rings (SSSR count). The minimum Gasteiger partial charge on any atom is -0.340 e. The van der Waals surface area contributed by atoms with Gasteiger partial charge in [-0.1, -0.05) is 160 Å². The average Bonchev–Trinajstić information content (AvgIpc) is 3.25. The topological polar surface area (TPSA) is 44.0 Å². The number of aryl methyl sites for hydroxylation is 1. The van der Waals surface area contributed by atoms with E-state index in [9.17, 15) is 9.59 Å². The lowest BCUT2D eigenvalue weighted by atomic mass is 9.98. The van der Waals surface area contributed by atoms with Crippen LogP contribution in [0.5, 0.6) is 0 Å². The molecule has 0 amide bonds. The fourth-order valence-corrected chi connectivity index (χ4v) is 9.20. The van der Waals surface area contributed by atoms with Crippen LogP contribution in [0.1, 0.15) is 65.3 Å². The normalized spacial score (nSPS) is 11.9. The van der Waals surface area contributed by atoms with Crippen molar-refractivity contribution in [1.29, 1.82) is 0 Å². The summed E-state index contributed by atoms with van der Waals surface area (Å²) in [6.45, 7) is 7.55. The molecular formula is C53H48N2O2. The predicted molar refractivity (Wildman–Crippen MR) is 245 cm³/mol. The van der Waals surface area contributed by atoms with Crippen molar-refractivity contribution in [2.75, 3.05) is 0 Å². The van der Waals surface area contributed by atoms with Gasteiger partial charge in [-0.3, -0.25) is 9.59 Å². The SMILES string of the molecule is CC(C)n1c2ccc3ccccc3c2c(=O)c2c3ccccc3ccc21.CCCCCCCCn1c2ccc3ccccc3c2c(=O)c2c3ccccc3ccc21. The molecule has 0 aliphatic rings. The van der Waals surface area contributed by atoms with E-state index in [4.69, 9.17) is 0 Å². The largest absolute Gasteiger partial charge is 0.340 e. The van der Waals surface area contributed by atoms with E-state index in [1.807, 2.05) is 48.5 Å². The predicted octanol–water partition coefficient (Wildman–Crippen LogP) is 13.9. The molecule has 0 aliphatic carbocycles. The number of benzene rings is 8. The highest BCUT2D eigenvalue weighted by Gasteiger charge is 2.18. The van der Waals surface area contributed by atoms with Crippen LogP contribution in [0.15, 0.2) is 155 Å². The third kappa shape index (κ3) is 6.34. The molecule has 0 aliphatic heterocycles. The van der Waals surface area contributed by atoms with Crippen LogP contribution in [-0.4, -0.2) is 9.13 Å². The van der Waals surface area contributed by atoms with Crippen LogP contribution in [0, 0.1) is 0 Å². The second kappa shape index (κ2) is 15.3. The Bertz CT molecular complexity index is 3060. The maximum Gasteiger partial charge on any atom is 0.198 e. The highest BCUT2D eigenvalue weighted by molar-refractivity contribution is 6.16. The van der Waals surface area contributed by atoms with Gasteiger partial charge in [-0.05, 0) is 87.6 Å². The van der Waals surface area contributed by atoms with Gasteiger partial charge in [0.05, 0.1) is 43.6 Å². The van der Waals surface area contributed by atoms with Gasteiger partial charge >= 0.3 is 0 Å². The smallest absolute Gasteiger partial charge is 0.198 e. The van der Waals surface area contributed by atoms with Crippen LogP contribution in [0.25, 0.3) is 86.7 Å². The molecule has 0 fully saturated rings. The lowest BCUT2D eigenvalue weighted by Crippen LogP contribution is -2.13. The third-order valence-electron chi connectivity index (χ3n) is 11.9. The fraction of sp³-hybridized carbons (Fsp3) is 0.208. The molecule has 0 bridgehead atoms. The number of hydrogen-bond donors (Lipinski definition) is 0. The van der Waals surface area contributed by atoms with Crippen molar-refractivity contribution in [3.8, 4) is 0 Å². The summed E-state index contributed by atoms with van der Waals surface area (Å²) in [5.74, 6) is 0. The molecule has 282 valence electrons. The first-order valence-electron chi connectivity index (χ1n) is 20.7. The Kier molecular flexibility index (Phi) is 9.80. The van der Waals surface area contributed by atoms with E-state index in [1.54, 1.807) is 0 Å². The molecule has 0 spiro atoms. The number of aromatic nitrogens is 2. The Morgan fingerprint density at radius 1 is 0.404 bits per heavy atom. The van der Waals surface area contributed by atoms with Crippen LogP contribution in [0.2, 0.25) is 0 Å². The average molecular weight is 745 g/mol. The molecule has 10 aromatic rings. The molecule has 57 heavy (non-hydrogen) atoms. The highest BCUT2D eigenvalue weighted by Crippen LogP contribution is 2.33. The summed E-state index contributed by atoms with van der Waals surface area (Å²) >= 11 is 0. The molecule has 8 aromatic carbocycles. The van der Waals surface area contributed by atoms with E-state index in [-0.39, 0.29) is 16.9 Å². The van der Waals surface area contributed by atoms with Gasteiger partial charge in [-0.25, -0.2) is 0 Å². The lowest BCUT2D eigenvalue weighted by molar-refractivity contribution is 0.570. The molecule has 0 unspecified atom stereocenters. The minimum atomic E-state index is 0.125. The summed E-state index contributed by atoms with van der Waals surface area (Å²) in [6, 6.07) is 50.1. The van der Waals surface area contributed by atoms with Crippen molar-refractivity contribution in [2.24, 2.45) is 0 Å². The van der Waals surface area contributed by atoms with E-state index < -0.39 is 0 Å². The summed E-state index contributed by atoms with van der Waals surface area (Å²) in [5.41, 5.74) is 4.40. The number of fused-ring (bicyclic) bond motifs is 12. The van der Waals surface area contributed by atoms with Gasteiger partial charge in [-0.15, -0.1) is 0 Å². The zero-order valence-corrected chi connectivity index (χ0v) is 33.1. The monoisotopic (exact) mass is 744 g/mol. The maximum atomic E-state index is 13.9. The van der Waals surface area contributed by atoms with Crippen LogP contribution in [-0.2, 0) is 6.54 Å². The zero-order chi connectivity index (χ0) is 39.0. The summed E-state index contributed by atoms with van der Waals surface area (Å²) in [7, 11) is 0. The quantitative estimate of drug-likeness (QED) is 0.0883. The van der Waals surface area contributed by atoms with Gasteiger partial charge in [0.1, 0.15) is 0 Å². The standard InChI is InChI=1S/C29H29NO.C24H19NO/c1-2-3-4-5-6-11-20-30-25-18-16-21-12-7-9-14-23(21)27(25)29(31)28-24-15-10-8-13-22(24)17-19-26(28)30;1-15(2)25-20-13-11-16-7-3-5-9-18(16)22(20)24(26)23-19-10-6-4-8-17(19)12-14-21(23)25/h7-10,12-19H,2-6,11,20H2,1H3;3-15H,1-2H3. The minimum absolute atomic E-state index is 0.125. The van der Waals surface area contributed by atoms with E-state index in [0.29, 0.717) is 0 Å². The molecule has 4 nitrogen and oxygen atoms in total. The molecule has 2 heterocycles. The van der Waals surface area contributed by atoms with E-state index in [1.165, 1.54) is 32.1 Å². The van der Waals surface area contributed by atoms with E-state index >= 15 is 0 Å². The fourth-order valence-electron chi connectivity index (χ4n) is 9.20. The Hall–Kier alpha value is -6.26. The Morgan fingerprint density at radius 2 is 0.737 bits per heavy atom. The molecule has 0 saturated carbocycles. The maximum absolute atomic E-state index is 13.9. The molecule has 0 radical (unpaired) electrons. The van der Waals surface area contributed by atoms with Crippen LogP contribution < -0.4 is 10.9 Å². The Morgan fingerprint density at radius 3 is 1.12 bits per heavy atom. The molecular weight excluding hydrogens is 697 g/mol. The van der Waals surface area contributed by atoms with E-state index in [0.717, 1.165) is 99.7 Å². The first-order chi connectivity index (χ1) is 28.0. The van der Waals surface area contributed by atoms with Gasteiger partial charge in [-0.2, -0.15) is 0 Å². The Balaban J connectivity index is 0.000000150. The van der Waals surface area contributed by atoms with Gasteiger partial charge < -0.3 is 9.13 Å². The number of nitrogens with zero attached hydrogens (tertiary/aromatic N) is 2. The van der Waals surface area contributed by atoms with Crippen LogP contribution in [0.4, 0.5) is 0 Å². The van der Waals surface area contributed by atoms with Crippen LogP contribution in [0.3, 0.4) is 0 Å². The number of hydrogen-bond acceptors (Lipinski definition) is 2. The number of pyridine rings is 2. The van der Waals surface area contributed by atoms with Crippen molar-refractivity contribution in [3.05, 3.63) is 166 Å². The van der Waals surface area contributed by atoms with Gasteiger partial charge in [0, 0.05) is 12.6 Å². The van der Waals surface area contributed by atoms with Crippen molar-refractivity contribution in [2.45, 2.75) is 71.9 Å². The molecule has 4 heteroatoms. The number of rotatable bonds is 8. The summed E-state index contributed by atoms with van der Waals surface area (Å²) in [6.07, 6.45) is 7.57. The molecule has 0 N–H and O–H groups in total. The molecule has 2 aromatic heterocycles. The first-order valence-corrected chi connectivity index (χ1v) is 20.7. The van der Waals surface area contributed by atoms with Gasteiger partial charge in [0.15, 0.2) is 10.9 Å². The molecule has 0 atom stereocenters. The van der Waals surface area contributed by atoms with Crippen molar-refractivity contribution >= 4 is 86.7 Å². The second-order valence-electron chi connectivity index (χ2n) is 15.8. The first kappa shape index (κ1) is 36.4. The number of unbranched alkanes of at least 4 members (excludes halogenated alkanes) is 5. The summed E-state index contributed by atoms with van der Waals surface area (Å²) in [5, 5.41) is 12.0. The van der Waals surface area contributed by atoms with Crippen molar-refractivity contribution < 1.29 is 0 Å². The Labute approximate surface area is 332 Å². The van der Waals surface area contributed by atoms with Gasteiger partial charge in [0.2, 0.25) is 0 Å². The zero-order valence-electron chi connectivity index (χ0n) is 33.1. The molecule has 0 saturated heterocycles.